The fourth-order valence-electron chi connectivity index (χ4n) is 1.66. The minimum atomic E-state index is 0.688. The van der Waals surface area contributed by atoms with Gasteiger partial charge in [-0.25, -0.2) is 0 Å². The van der Waals surface area contributed by atoms with Gasteiger partial charge in [0.1, 0.15) is 0 Å². The number of rotatable bonds is 9. The Kier molecular flexibility index (Phi) is 9.78. The topological polar surface area (TPSA) is 27.0 Å². The van der Waals surface area contributed by atoms with Crippen molar-refractivity contribution in [3.63, 3.8) is 0 Å². The lowest BCUT2D eigenvalue weighted by Gasteiger charge is -2.21. The molecule has 20 heavy (non-hydrogen) atoms. The molecule has 0 N–H and O–H groups in total. The van der Waals surface area contributed by atoms with Crippen molar-refractivity contribution in [1.29, 1.82) is 5.26 Å². The summed E-state index contributed by atoms with van der Waals surface area (Å²) in [6.45, 7) is 14.8. The van der Waals surface area contributed by atoms with Crippen LogP contribution in [-0.4, -0.2) is 11.4 Å². The van der Waals surface area contributed by atoms with Crippen LogP contribution in [0.5, 0.6) is 0 Å². The van der Waals surface area contributed by atoms with Crippen LogP contribution in [0.4, 0.5) is 0 Å². The van der Waals surface area contributed by atoms with E-state index in [0.29, 0.717) is 5.57 Å². The van der Waals surface area contributed by atoms with Gasteiger partial charge < -0.3 is 4.90 Å². The van der Waals surface area contributed by atoms with Crippen LogP contribution in [0.2, 0.25) is 0 Å². The third-order valence-electron chi connectivity index (χ3n) is 2.77. The first-order valence-electron chi connectivity index (χ1n) is 7.14. The van der Waals surface area contributed by atoms with E-state index in [1.54, 1.807) is 6.08 Å². The standard InChI is InChI=1S/C18H26N2/c1-6-10-11-17(14-19)13-18(9-4)20(12-7-2)15-16(5)8-3/h8-9,11,13,15H,3-4,6-7,10,12H2,1-2,5H3/b16-15-,17-11+,18-13+. The highest BCUT2D eigenvalue weighted by Gasteiger charge is 2.04. The summed E-state index contributed by atoms with van der Waals surface area (Å²) in [5.41, 5.74) is 2.71. The maximum atomic E-state index is 9.19. The summed E-state index contributed by atoms with van der Waals surface area (Å²) in [5, 5.41) is 9.19. The summed E-state index contributed by atoms with van der Waals surface area (Å²) < 4.78 is 0. The average Bonchev–Trinajstić information content (AvgIpc) is 2.47. The van der Waals surface area contributed by atoms with Crippen LogP contribution in [-0.2, 0) is 0 Å². The number of hydrogen-bond donors (Lipinski definition) is 0. The molecule has 0 heterocycles. The third kappa shape index (κ3) is 6.80. The zero-order chi connectivity index (χ0) is 15.4. The predicted molar refractivity (Wildman–Crippen MR) is 87.8 cm³/mol. The van der Waals surface area contributed by atoms with Gasteiger partial charge in [-0.2, -0.15) is 5.26 Å². The summed E-state index contributed by atoms with van der Waals surface area (Å²) >= 11 is 0. The molecule has 0 amide bonds. The molecule has 0 aliphatic heterocycles. The molecular formula is C18H26N2. The molecule has 0 aromatic carbocycles. The van der Waals surface area contributed by atoms with Crippen molar-refractivity contribution >= 4 is 0 Å². The van der Waals surface area contributed by atoms with Gasteiger partial charge in [0.15, 0.2) is 0 Å². The van der Waals surface area contributed by atoms with Crippen LogP contribution < -0.4 is 0 Å². The summed E-state index contributed by atoms with van der Waals surface area (Å²) in [6.07, 6.45) is 12.5. The molecular weight excluding hydrogens is 244 g/mol. The second kappa shape index (κ2) is 10.9. The van der Waals surface area contributed by atoms with Crippen LogP contribution >= 0.6 is 0 Å². The minimum absolute atomic E-state index is 0.688. The largest absolute Gasteiger partial charge is 0.348 e. The smallest absolute Gasteiger partial charge is 0.0989 e. The maximum Gasteiger partial charge on any atom is 0.0989 e. The van der Waals surface area contributed by atoms with E-state index in [1.807, 2.05) is 31.4 Å². The average molecular weight is 270 g/mol. The first kappa shape index (κ1) is 18.0. The van der Waals surface area contributed by atoms with Crippen molar-refractivity contribution < 1.29 is 0 Å². The van der Waals surface area contributed by atoms with Crippen LogP contribution in [0, 0.1) is 11.3 Å². The van der Waals surface area contributed by atoms with Crippen LogP contribution in [0.3, 0.4) is 0 Å². The number of allylic oxidation sites excluding steroid dienone is 6. The summed E-state index contributed by atoms with van der Waals surface area (Å²) in [6, 6.07) is 2.24. The Hall–Kier alpha value is -2.01. The van der Waals surface area contributed by atoms with E-state index >= 15 is 0 Å². The summed E-state index contributed by atoms with van der Waals surface area (Å²) in [5.74, 6) is 0. The van der Waals surface area contributed by atoms with Crippen LogP contribution in [0.15, 0.2) is 60.5 Å². The molecule has 0 atom stereocenters. The van der Waals surface area contributed by atoms with Gasteiger partial charge in [0.2, 0.25) is 0 Å². The lowest BCUT2D eigenvalue weighted by molar-refractivity contribution is 0.473. The van der Waals surface area contributed by atoms with Crippen molar-refractivity contribution in [3.8, 4) is 6.07 Å². The van der Waals surface area contributed by atoms with Crippen molar-refractivity contribution in [2.24, 2.45) is 0 Å². The molecule has 0 unspecified atom stereocenters. The molecule has 0 rings (SSSR count). The number of unbranched alkanes of at least 4 members (excludes halogenated alkanes) is 1. The monoisotopic (exact) mass is 270 g/mol. The molecule has 0 spiro atoms. The molecule has 0 saturated carbocycles. The molecule has 0 saturated heterocycles. The van der Waals surface area contributed by atoms with Gasteiger partial charge in [-0.3, -0.25) is 0 Å². The van der Waals surface area contributed by atoms with Crippen molar-refractivity contribution in [3.05, 3.63) is 60.5 Å². The summed E-state index contributed by atoms with van der Waals surface area (Å²) in [7, 11) is 0. The van der Waals surface area contributed by atoms with E-state index < -0.39 is 0 Å². The quantitative estimate of drug-likeness (QED) is 0.430. The van der Waals surface area contributed by atoms with E-state index in [0.717, 1.165) is 37.1 Å². The van der Waals surface area contributed by atoms with Crippen LogP contribution in [0.25, 0.3) is 0 Å². The predicted octanol–water partition coefficient (Wildman–Crippen LogP) is 5.11. The molecule has 0 radical (unpaired) electrons. The molecule has 0 aromatic rings. The number of nitrogens with zero attached hydrogens (tertiary/aromatic N) is 2. The highest BCUT2D eigenvalue weighted by atomic mass is 15.1. The van der Waals surface area contributed by atoms with Gasteiger partial charge in [-0.05, 0) is 37.5 Å². The van der Waals surface area contributed by atoms with Crippen molar-refractivity contribution in [2.45, 2.75) is 40.0 Å². The number of hydrogen-bond acceptors (Lipinski definition) is 2. The Labute approximate surface area is 124 Å². The number of nitriles is 1. The van der Waals surface area contributed by atoms with E-state index in [2.05, 4.69) is 38.0 Å². The Bertz CT molecular complexity index is 445. The molecule has 2 nitrogen and oxygen atoms in total. The van der Waals surface area contributed by atoms with E-state index in [4.69, 9.17) is 0 Å². The first-order chi connectivity index (χ1) is 9.62. The SMILES string of the molecule is C=C/C(C)=C\N(CCC)/C(C=C)=C/C(C#N)=C\CCC. The minimum Gasteiger partial charge on any atom is -0.348 e. The van der Waals surface area contributed by atoms with Crippen molar-refractivity contribution in [1.82, 2.24) is 4.90 Å². The van der Waals surface area contributed by atoms with E-state index in [-0.39, 0.29) is 0 Å². The Balaban J connectivity index is 5.41. The molecule has 0 bridgehead atoms. The fraction of sp³-hybridized carbons (Fsp3) is 0.389. The Morgan fingerprint density at radius 2 is 1.90 bits per heavy atom. The Morgan fingerprint density at radius 1 is 1.20 bits per heavy atom. The van der Waals surface area contributed by atoms with Gasteiger partial charge in [-0.15, -0.1) is 0 Å². The molecule has 0 aliphatic rings. The third-order valence-corrected chi connectivity index (χ3v) is 2.77. The molecule has 0 fully saturated rings. The van der Waals surface area contributed by atoms with E-state index in [9.17, 15) is 5.26 Å². The van der Waals surface area contributed by atoms with Gasteiger partial charge in [-0.1, -0.05) is 45.6 Å². The highest BCUT2D eigenvalue weighted by molar-refractivity contribution is 5.38. The highest BCUT2D eigenvalue weighted by Crippen LogP contribution is 2.14. The van der Waals surface area contributed by atoms with Gasteiger partial charge in [0.25, 0.3) is 0 Å². The van der Waals surface area contributed by atoms with Gasteiger partial charge >= 0.3 is 0 Å². The lowest BCUT2D eigenvalue weighted by Crippen LogP contribution is -2.17. The maximum absolute atomic E-state index is 9.19. The molecule has 108 valence electrons. The second-order valence-corrected chi connectivity index (χ2v) is 4.60. The van der Waals surface area contributed by atoms with Crippen LogP contribution in [0.1, 0.15) is 40.0 Å². The molecule has 2 heteroatoms. The zero-order valence-electron chi connectivity index (χ0n) is 13.0. The molecule has 0 aliphatic carbocycles. The molecule has 0 aromatic heterocycles. The lowest BCUT2D eigenvalue weighted by atomic mass is 10.1. The van der Waals surface area contributed by atoms with Crippen molar-refractivity contribution in [2.75, 3.05) is 6.54 Å². The second-order valence-electron chi connectivity index (χ2n) is 4.60. The Morgan fingerprint density at radius 3 is 2.35 bits per heavy atom. The zero-order valence-corrected chi connectivity index (χ0v) is 13.0. The summed E-state index contributed by atoms with van der Waals surface area (Å²) in [4.78, 5) is 2.11. The van der Waals surface area contributed by atoms with E-state index in [1.165, 1.54) is 0 Å². The van der Waals surface area contributed by atoms with Gasteiger partial charge in [0, 0.05) is 18.4 Å². The van der Waals surface area contributed by atoms with Gasteiger partial charge in [0.05, 0.1) is 11.6 Å². The first-order valence-corrected chi connectivity index (χ1v) is 7.14. The normalized spacial score (nSPS) is 12.8. The fourth-order valence-corrected chi connectivity index (χ4v) is 1.66.